The third-order valence-corrected chi connectivity index (χ3v) is 4.28. The Labute approximate surface area is 143 Å². The summed E-state index contributed by atoms with van der Waals surface area (Å²) in [6.07, 6.45) is 3.67. The van der Waals surface area contributed by atoms with Crippen LogP contribution in [0.15, 0.2) is 41.4 Å². The first-order valence-corrected chi connectivity index (χ1v) is 7.99. The minimum atomic E-state index is -0.322. The number of nitrogens with one attached hydrogen (secondary N) is 1. The molecule has 126 valence electrons. The zero-order valence-corrected chi connectivity index (χ0v) is 13.6. The molecule has 0 unspecified atom stereocenters. The maximum absolute atomic E-state index is 14.4. The number of amidine groups is 1. The highest BCUT2D eigenvalue weighted by Gasteiger charge is 2.20. The molecule has 0 spiro atoms. The van der Waals surface area contributed by atoms with Crippen LogP contribution in [0, 0.1) is 11.6 Å². The number of aliphatic imine (C=N–C) groups is 1. The molecule has 1 aliphatic heterocycles. The van der Waals surface area contributed by atoms with Gasteiger partial charge in [-0.2, -0.15) is 5.10 Å². The molecule has 4 nitrogen and oxygen atoms in total. The van der Waals surface area contributed by atoms with Crippen molar-refractivity contribution in [2.45, 2.75) is 0 Å². The third-order valence-electron chi connectivity index (χ3n) is 4.28. The summed E-state index contributed by atoms with van der Waals surface area (Å²) in [5.74, 6) is 0.0655. The molecule has 6 heteroatoms. The fourth-order valence-electron chi connectivity index (χ4n) is 2.93. The molecule has 0 atom stereocenters. The zero-order chi connectivity index (χ0) is 17.4. The van der Waals surface area contributed by atoms with E-state index in [4.69, 9.17) is 0 Å². The molecule has 2 aromatic carbocycles. The standard InChI is InChI=1S/C19H16F2N4/c1-25-9-8-22-19(25)14-10-15-17(23-24-18(15)11-16(14)21)7-4-12-2-5-13(20)6-3-12/h2-7,10-11H,8-9H2,1H3,(H,23,24). The van der Waals surface area contributed by atoms with Crippen LogP contribution in [0.5, 0.6) is 0 Å². The first-order valence-electron chi connectivity index (χ1n) is 7.99. The molecule has 1 N–H and O–H groups in total. The number of hydrogen-bond donors (Lipinski definition) is 1. The van der Waals surface area contributed by atoms with Gasteiger partial charge >= 0.3 is 0 Å². The van der Waals surface area contributed by atoms with E-state index in [1.807, 2.05) is 24.1 Å². The molecule has 0 saturated carbocycles. The number of aromatic nitrogens is 2. The maximum Gasteiger partial charge on any atom is 0.136 e. The van der Waals surface area contributed by atoms with Crippen molar-refractivity contribution in [3.63, 3.8) is 0 Å². The Morgan fingerprint density at radius 1 is 1.12 bits per heavy atom. The topological polar surface area (TPSA) is 44.3 Å². The van der Waals surface area contributed by atoms with Crippen molar-refractivity contribution in [3.8, 4) is 0 Å². The predicted octanol–water partition coefficient (Wildman–Crippen LogP) is 3.70. The summed E-state index contributed by atoms with van der Waals surface area (Å²) >= 11 is 0. The summed E-state index contributed by atoms with van der Waals surface area (Å²) in [5.41, 5.74) is 2.66. The van der Waals surface area contributed by atoms with Gasteiger partial charge in [0.25, 0.3) is 0 Å². The SMILES string of the molecule is CN1CCN=C1c1cc2c(C=Cc3ccc(F)cc3)n[nH]c2cc1F. The van der Waals surface area contributed by atoms with E-state index in [1.54, 1.807) is 18.2 Å². The Bertz CT molecular complexity index is 987. The van der Waals surface area contributed by atoms with Gasteiger partial charge in [0.15, 0.2) is 0 Å². The number of likely N-dealkylation sites (N-methyl/N-ethyl adjacent to an activating group) is 1. The molecule has 3 aromatic rings. The van der Waals surface area contributed by atoms with Gasteiger partial charge in [0.05, 0.1) is 23.3 Å². The Balaban J connectivity index is 1.74. The van der Waals surface area contributed by atoms with Crippen molar-refractivity contribution >= 4 is 28.9 Å². The number of nitrogens with zero attached hydrogens (tertiary/aromatic N) is 3. The van der Waals surface area contributed by atoms with Crippen molar-refractivity contribution in [2.24, 2.45) is 4.99 Å². The van der Waals surface area contributed by atoms with E-state index in [9.17, 15) is 8.78 Å². The first kappa shape index (κ1) is 15.5. The summed E-state index contributed by atoms with van der Waals surface area (Å²) in [7, 11) is 1.90. The Kier molecular flexibility index (Phi) is 3.80. The van der Waals surface area contributed by atoms with Crippen LogP contribution in [0.4, 0.5) is 8.78 Å². The second kappa shape index (κ2) is 6.12. The van der Waals surface area contributed by atoms with Crippen LogP contribution in [0.3, 0.4) is 0 Å². The Hall–Kier alpha value is -3.02. The van der Waals surface area contributed by atoms with Gasteiger partial charge in [0, 0.05) is 25.0 Å². The number of rotatable bonds is 3. The number of benzene rings is 2. The van der Waals surface area contributed by atoms with Crippen LogP contribution in [-0.2, 0) is 0 Å². The van der Waals surface area contributed by atoms with E-state index in [0.29, 0.717) is 29.2 Å². The number of aromatic amines is 1. The lowest BCUT2D eigenvalue weighted by molar-refractivity contribution is 0.550. The molecule has 0 radical (unpaired) electrons. The van der Waals surface area contributed by atoms with E-state index < -0.39 is 0 Å². The molecule has 0 bridgehead atoms. The van der Waals surface area contributed by atoms with Crippen LogP contribution in [0.25, 0.3) is 23.1 Å². The molecule has 1 aliphatic rings. The third kappa shape index (κ3) is 2.91. The molecular weight excluding hydrogens is 322 g/mol. The largest absolute Gasteiger partial charge is 0.358 e. The van der Waals surface area contributed by atoms with Crippen LogP contribution in [0.1, 0.15) is 16.8 Å². The van der Waals surface area contributed by atoms with Crippen molar-refractivity contribution in [1.29, 1.82) is 0 Å². The van der Waals surface area contributed by atoms with Gasteiger partial charge in [-0.1, -0.05) is 18.2 Å². The summed E-state index contributed by atoms with van der Waals surface area (Å²) < 4.78 is 27.4. The van der Waals surface area contributed by atoms with Crippen LogP contribution < -0.4 is 0 Å². The maximum atomic E-state index is 14.4. The van der Waals surface area contributed by atoms with Crippen molar-refractivity contribution < 1.29 is 8.78 Å². The van der Waals surface area contributed by atoms with Gasteiger partial charge in [-0.3, -0.25) is 10.1 Å². The highest BCUT2D eigenvalue weighted by atomic mass is 19.1. The van der Waals surface area contributed by atoms with Crippen LogP contribution in [-0.4, -0.2) is 41.1 Å². The lowest BCUT2D eigenvalue weighted by Gasteiger charge is -2.14. The molecular formula is C19H16F2N4. The Morgan fingerprint density at radius 3 is 2.64 bits per heavy atom. The average molecular weight is 338 g/mol. The summed E-state index contributed by atoms with van der Waals surface area (Å²) in [6.45, 7) is 1.46. The lowest BCUT2D eigenvalue weighted by Crippen LogP contribution is -2.24. The highest BCUT2D eigenvalue weighted by molar-refractivity contribution is 6.03. The minimum Gasteiger partial charge on any atom is -0.358 e. The normalized spacial score (nSPS) is 14.7. The zero-order valence-electron chi connectivity index (χ0n) is 13.6. The quantitative estimate of drug-likeness (QED) is 0.791. The average Bonchev–Trinajstić information content (AvgIpc) is 3.19. The van der Waals surface area contributed by atoms with E-state index in [-0.39, 0.29) is 11.6 Å². The van der Waals surface area contributed by atoms with Gasteiger partial charge < -0.3 is 4.90 Å². The molecule has 2 heterocycles. The van der Waals surface area contributed by atoms with Crippen LogP contribution >= 0.6 is 0 Å². The molecule has 0 saturated heterocycles. The molecule has 1 aromatic heterocycles. The highest BCUT2D eigenvalue weighted by Crippen LogP contribution is 2.24. The molecule has 0 aliphatic carbocycles. The van der Waals surface area contributed by atoms with Gasteiger partial charge in [-0.05, 0) is 29.8 Å². The van der Waals surface area contributed by atoms with Crippen molar-refractivity contribution in [2.75, 3.05) is 20.1 Å². The van der Waals surface area contributed by atoms with Gasteiger partial charge in [0.2, 0.25) is 0 Å². The lowest BCUT2D eigenvalue weighted by atomic mass is 10.1. The molecule has 4 rings (SSSR count). The van der Waals surface area contributed by atoms with Gasteiger partial charge in [-0.15, -0.1) is 0 Å². The summed E-state index contributed by atoms with van der Waals surface area (Å²) in [4.78, 5) is 6.33. The van der Waals surface area contributed by atoms with E-state index in [2.05, 4.69) is 15.2 Å². The van der Waals surface area contributed by atoms with Gasteiger partial charge in [0.1, 0.15) is 17.5 Å². The molecule has 25 heavy (non-hydrogen) atoms. The number of hydrogen-bond acceptors (Lipinski definition) is 3. The molecule has 0 fully saturated rings. The van der Waals surface area contributed by atoms with Gasteiger partial charge in [-0.25, -0.2) is 8.78 Å². The minimum absolute atomic E-state index is 0.274. The second-order valence-electron chi connectivity index (χ2n) is 6.00. The number of halogens is 2. The van der Waals surface area contributed by atoms with Crippen molar-refractivity contribution in [1.82, 2.24) is 15.1 Å². The summed E-state index contributed by atoms with van der Waals surface area (Å²) in [5, 5.41) is 7.92. The monoisotopic (exact) mass is 338 g/mol. The Morgan fingerprint density at radius 2 is 1.92 bits per heavy atom. The summed E-state index contributed by atoms with van der Waals surface area (Å²) in [6, 6.07) is 9.41. The van der Waals surface area contributed by atoms with Crippen molar-refractivity contribution in [3.05, 3.63) is 64.9 Å². The van der Waals surface area contributed by atoms with E-state index in [0.717, 1.165) is 17.5 Å². The number of H-pyrrole nitrogens is 1. The number of fused-ring (bicyclic) bond motifs is 1. The fourth-order valence-corrected chi connectivity index (χ4v) is 2.93. The molecule has 0 amide bonds. The second-order valence-corrected chi connectivity index (χ2v) is 6.00. The van der Waals surface area contributed by atoms with Crippen LogP contribution in [0.2, 0.25) is 0 Å². The smallest absolute Gasteiger partial charge is 0.136 e. The van der Waals surface area contributed by atoms with E-state index in [1.165, 1.54) is 18.2 Å². The predicted molar refractivity (Wildman–Crippen MR) is 95.4 cm³/mol. The first-order chi connectivity index (χ1) is 12.1. The van der Waals surface area contributed by atoms with E-state index >= 15 is 0 Å². The fraction of sp³-hybridized carbons (Fsp3) is 0.158.